The molecule has 4 rings (SSSR count). The predicted molar refractivity (Wildman–Crippen MR) is 90.5 cm³/mol. The van der Waals surface area contributed by atoms with Gasteiger partial charge in [0.15, 0.2) is 5.76 Å². The van der Waals surface area contributed by atoms with Gasteiger partial charge in [0.05, 0.1) is 18.8 Å². The summed E-state index contributed by atoms with van der Waals surface area (Å²) in [5.41, 5.74) is 1.88. The Morgan fingerprint density at radius 1 is 1.12 bits per heavy atom. The van der Waals surface area contributed by atoms with Crippen LogP contribution in [0.4, 0.5) is 0 Å². The van der Waals surface area contributed by atoms with E-state index in [-0.39, 0.29) is 29.0 Å². The van der Waals surface area contributed by atoms with Crippen molar-refractivity contribution >= 4 is 5.78 Å². The fourth-order valence-corrected chi connectivity index (χ4v) is 5.98. The highest BCUT2D eigenvalue weighted by molar-refractivity contribution is 6.10. The zero-order chi connectivity index (χ0) is 17.5. The minimum atomic E-state index is -0.549. The standard InChI is InChI=1S/C20H28O4/c1-18(2)7-5-8-19(3)11-6-9-20(4)12(21)10-24-17(20)13(11)14(22)15(23)16(18)19/h12,17,21,23H,5-10H2,1-4H3/t12-,17+,19+,20+/m0/s1. The molecule has 2 N–H and O–H groups in total. The molecular weight excluding hydrogens is 304 g/mol. The van der Waals surface area contributed by atoms with Crippen LogP contribution in [0, 0.1) is 16.2 Å². The maximum absolute atomic E-state index is 13.1. The Bertz CT molecular complexity index is 686. The third-order valence-corrected chi connectivity index (χ3v) is 7.35. The molecule has 1 saturated heterocycles. The number of ether oxygens (including phenoxy) is 1. The van der Waals surface area contributed by atoms with E-state index in [0.29, 0.717) is 5.57 Å². The highest BCUT2D eigenvalue weighted by Gasteiger charge is 2.59. The number of carbonyl (C=O) groups is 1. The summed E-state index contributed by atoms with van der Waals surface area (Å²) in [5.74, 6) is -0.326. The largest absolute Gasteiger partial charge is 0.504 e. The molecule has 1 aliphatic heterocycles. The smallest absolute Gasteiger partial charge is 0.225 e. The normalized spacial score (nSPS) is 44.3. The first-order valence-electron chi connectivity index (χ1n) is 9.15. The minimum Gasteiger partial charge on any atom is -0.504 e. The Morgan fingerprint density at radius 3 is 2.54 bits per heavy atom. The van der Waals surface area contributed by atoms with Crippen LogP contribution in [-0.4, -0.2) is 34.8 Å². The molecule has 1 saturated carbocycles. The summed E-state index contributed by atoms with van der Waals surface area (Å²) in [5, 5.41) is 21.2. The van der Waals surface area contributed by atoms with E-state index in [0.717, 1.165) is 43.3 Å². The Morgan fingerprint density at radius 2 is 1.83 bits per heavy atom. The molecule has 0 bridgehead atoms. The first kappa shape index (κ1) is 16.3. The summed E-state index contributed by atoms with van der Waals surface area (Å²) in [6.07, 6.45) is 3.74. The summed E-state index contributed by atoms with van der Waals surface area (Å²) >= 11 is 0. The van der Waals surface area contributed by atoms with E-state index in [9.17, 15) is 15.0 Å². The first-order valence-corrected chi connectivity index (χ1v) is 9.15. The van der Waals surface area contributed by atoms with Crippen LogP contribution in [-0.2, 0) is 9.53 Å². The number of fused-ring (bicyclic) bond motifs is 4. The molecule has 0 unspecified atom stereocenters. The van der Waals surface area contributed by atoms with Gasteiger partial charge in [-0.15, -0.1) is 0 Å². The monoisotopic (exact) mass is 332 g/mol. The quantitative estimate of drug-likeness (QED) is 0.713. The molecule has 1 heterocycles. The van der Waals surface area contributed by atoms with Crippen LogP contribution in [0.15, 0.2) is 22.5 Å². The molecule has 4 aliphatic rings. The van der Waals surface area contributed by atoms with E-state index in [2.05, 4.69) is 20.8 Å². The van der Waals surface area contributed by atoms with Crippen molar-refractivity contribution in [1.82, 2.24) is 0 Å². The van der Waals surface area contributed by atoms with Gasteiger partial charge < -0.3 is 14.9 Å². The lowest BCUT2D eigenvalue weighted by molar-refractivity contribution is -0.117. The second-order valence-electron chi connectivity index (χ2n) is 9.25. The van der Waals surface area contributed by atoms with Crippen molar-refractivity contribution in [3.63, 3.8) is 0 Å². The molecule has 24 heavy (non-hydrogen) atoms. The van der Waals surface area contributed by atoms with Crippen LogP contribution < -0.4 is 0 Å². The fraction of sp³-hybridized carbons (Fsp3) is 0.750. The molecule has 0 radical (unpaired) electrons. The van der Waals surface area contributed by atoms with Gasteiger partial charge in [-0.25, -0.2) is 0 Å². The van der Waals surface area contributed by atoms with Crippen molar-refractivity contribution < 1.29 is 19.7 Å². The molecule has 4 nitrogen and oxygen atoms in total. The highest BCUT2D eigenvalue weighted by atomic mass is 16.5. The van der Waals surface area contributed by atoms with E-state index in [4.69, 9.17) is 4.74 Å². The van der Waals surface area contributed by atoms with Crippen molar-refractivity contribution in [3.8, 4) is 0 Å². The number of hydrogen-bond acceptors (Lipinski definition) is 4. The maximum Gasteiger partial charge on any atom is 0.225 e. The average molecular weight is 332 g/mol. The lowest BCUT2D eigenvalue weighted by atomic mass is 9.51. The summed E-state index contributed by atoms with van der Waals surface area (Å²) < 4.78 is 5.87. The van der Waals surface area contributed by atoms with Crippen molar-refractivity contribution in [3.05, 3.63) is 22.5 Å². The molecule has 0 spiro atoms. The van der Waals surface area contributed by atoms with Gasteiger partial charge in [-0.2, -0.15) is 0 Å². The number of aliphatic hydroxyl groups is 2. The van der Waals surface area contributed by atoms with Gasteiger partial charge in [-0.05, 0) is 36.7 Å². The Kier molecular flexibility index (Phi) is 3.22. The van der Waals surface area contributed by atoms with Crippen LogP contribution in [0.25, 0.3) is 0 Å². The lowest BCUT2D eigenvalue weighted by Crippen LogP contribution is -2.49. The van der Waals surface area contributed by atoms with Crippen LogP contribution in [0.1, 0.15) is 59.8 Å². The van der Waals surface area contributed by atoms with Crippen LogP contribution in [0.3, 0.4) is 0 Å². The van der Waals surface area contributed by atoms with E-state index < -0.39 is 17.6 Å². The van der Waals surface area contributed by atoms with Gasteiger partial charge in [0, 0.05) is 16.4 Å². The highest BCUT2D eigenvalue weighted by Crippen LogP contribution is 2.62. The molecule has 3 aliphatic carbocycles. The van der Waals surface area contributed by atoms with Crippen molar-refractivity contribution in [2.24, 2.45) is 16.2 Å². The van der Waals surface area contributed by atoms with E-state index in [1.807, 2.05) is 6.92 Å². The predicted octanol–water partition coefficient (Wildman–Crippen LogP) is 3.45. The Labute approximate surface area is 143 Å². The zero-order valence-electron chi connectivity index (χ0n) is 15.1. The number of Topliss-reactive ketones (excluding diaryl/α,β-unsaturated/α-hetero) is 1. The Balaban J connectivity index is 1.91. The number of allylic oxidation sites excluding steroid dienone is 3. The maximum atomic E-state index is 13.1. The third kappa shape index (κ3) is 1.79. The van der Waals surface area contributed by atoms with E-state index in [1.54, 1.807) is 0 Å². The second kappa shape index (κ2) is 4.73. The lowest BCUT2D eigenvalue weighted by Gasteiger charge is -2.53. The van der Waals surface area contributed by atoms with Gasteiger partial charge >= 0.3 is 0 Å². The number of rotatable bonds is 0. The third-order valence-electron chi connectivity index (χ3n) is 7.35. The van der Waals surface area contributed by atoms with Crippen molar-refractivity contribution in [2.45, 2.75) is 72.0 Å². The molecular formula is C20H28O4. The van der Waals surface area contributed by atoms with Gasteiger partial charge in [-0.3, -0.25) is 4.79 Å². The summed E-state index contributed by atoms with van der Waals surface area (Å²) in [6, 6.07) is 0. The van der Waals surface area contributed by atoms with Crippen LogP contribution in [0.5, 0.6) is 0 Å². The minimum absolute atomic E-state index is 0.0600. The summed E-state index contributed by atoms with van der Waals surface area (Å²) in [6.45, 7) is 8.74. The molecule has 0 amide bonds. The van der Waals surface area contributed by atoms with Gasteiger partial charge in [0.2, 0.25) is 5.78 Å². The molecule has 4 heteroatoms. The second-order valence-corrected chi connectivity index (χ2v) is 9.25. The molecule has 0 aromatic rings. The average Bonchev–Trinajstić information content (AvgIpc) is 2.79. The van der Waals surface area contributed by atoms with Crippen LogP contribution >= 0.6 is 0 Å². The van der Waals surface area contributed by atoms with Crippen molar-refractivity contribution in [2.75, 3.05) is 6.61 Å². The van der Waals surface area contributed by atoms with Gasteiger partial charge in [-0.1, -0.05) is 39.7 Å². The van der Waals surface area contributed by atoms with Crippen molar-refractivity contribution in [1.29, 1.82) is 0 Å². The number of carbonyl (C=O) groups excluding carboxylic acids is 1. The van der Waals surface area contributed by atoms with Gasteiger partial charge in [0.1, 0.15) is 0 Å². The number of aliphatic hydroxyl groups excluding tert-OH is 2. The van der Waals surface area contributed by atoms with E-state index >= 15 is 0 Å². The molecule has 0 aromatic carbocycles. The molecule has 4 atom stereocenters. The van der Waals surface area contributed by atoms with Crippen LogP contribution in [0.2, 0.25) is 0 Å². The Hall–Kier alpha value is -1.13. The van der Waals surface area contributed by atoms with Gasteiger partial charge in [0.25, 0.3) is 0 Å². The number of hydrogen-bond donors (Lipinski definition) is 2. The molecule has 132 valence electrons. The molecule has 2 fully saturated rings. The SMILES string of the molecule is CC1(C)CCC[C@]2(C)C3=C(C(=O)C(O)=C12)[C@H]1OC[C@H](O)[C@@]1(C)CC3. The first-order chi connectivity index (χ1) is 11.1. The summed E-state index contributed by atoms with van der Waals surface area (Å²) in [7, 11) is 0. The topological polar surface area (TPSA) is 66.8 Å². The van der Waals surface area contributed by atoms with E-state index in [1.165, 1.54) is 0 Å². The number of ketones is 1. The molecule has 0 aromatic heterocycles. The zero-order valence-corrected chi connectivity index (χ0v) is 15.1. The fourth-order valence-electron chi connectivity index (χ4n) is 5.98. The summed E-state index contributed by atoms with van der Waals surface area (Å²) in [4.78, 5) is 13.1.